The summed E-state index contributed by atoms with van der Waals surface area (Å²) in [5.74, 6) is 0.585. The zero-order valence-electron chi connectivity index (χ0n) is 12.9. The molecule has 3 heterocycles. The average Bonchev–Trinajstić information content (AvgIpc) is 3.03. The molecule has 0 radical (unpaired) electrons. The van der Waals surface area contributed by atoms with Gasteiger partial charge in [-0.15, -0.1) is 0 Å². The number of halogens is 1. The number of nitrogens with zero attached hydrogens (tertiary/aromatic N) is 5. The van der Waals surface area contributed by atoms with E-state index in [1.807, 2.05) is 16.9 Å². The SMILES string of the molecule is N#Cc1nc(Nc2cnn(CCN3CCCCC3)c2)ccc1Cl. The largest absolute Gasteiger partial charge is 0.338 e. The summed E-state index contributed by atoms with van der Waals surface area (Å²) in [6, 6.07) is 5.38. The maximum absolute atomic E-state index is 8.96. The van der Waals surface area contributed by atoms with Gasteiger partial charge < -0.3 is 10.2 Å². The molecule has 23 heavy (non-hydrogen) atoms. The number of aromatic nitrogens is 3. The van der Waals surface area contributed by atoms with Crippen LogP contribution in [0.1, 0.15) is 25.0 Å². The van der Waals surface area contributed by atoms with Crippen LogP contribution in [0.5, 0.6) is 0 Å². The molecule has 0 saturated carbocycles. The van der Waals surface area contributed by atoms with Gasteiger partial charge in [-0.1, -0.05) is 18.0 Å². The van der Waals surface area contributed by atoms with Crippen LogP contribution >= 0.6 is 11.6 Å². The van der Waals surface area contributed by atoms with Gasteiger partial charge >= 0.3 is 0 Å². The highest BCUT2D eigenvalue weighted by molar-refractivity contribution is 6.31. The highest BCUT2D eigenvalue weighted by atomic mass is 35.5. The third-order valence-corrected chi connectivity index (χ3v) is 4.26. The molecule has 6 nitrogen and oxygen atoms in total. The maximum atomic E-state index is 8.96. The Morgan fingerprint density at radius 3 is 2.83 bits per heavy atom. The number of nitriles is 1. The number of piperidine rings is 1. The second kappa shape index (κ2) is 7.44. The molecule has 120 valence electrons. The second-order valence-corrected chi connectivity index (χ2v) is 6.07. The van der Waals surface area contributed by atoms with Gasteiger partial charge in [0.2, 0.25) is 0 Å². The van der Waals surface area contributed by atoms with Crippen LogP contribution in [0.2, 0.25) is 5.02 Å². The molecular formula is C16H19ClN6. The van der Waals surface area contributed by atoms with Crippen LogP contribution in [0.4, 0.5) is 11.5 Å². The predicted octanol–water partition coefficient (Wildman–Crippen LogP) is 3.03. The molecule has 1 saturated heterocycles. The Kier molecular flexibility index (Phi) is 5.11. The summed E-state index contributed by atoms with van der Waals surface area (Å²) in [5.41, 5.74) is 1.07. The Morgan fingerprint density at radius 2 is 2.04 bits per heavy atom. The van der Waals surface area contributed by atoms with Crippen molar-refractivity contribution < 1.29 is 0 Å². The second-order valence-electron chi connectivity index (χ2n) is 5.66. The molecule has 2 aromatic rings. The Labute approximate surface area is 140 Å². The highest BCUT2D eigenvalue weighted by Crippen LogP contribution is 2.19. The van der Waals surface area contributed by atoms with Gasteiger partial charge in [0.25, 0.3) is 0 Å². The Balaban J connectivity index is 1.57. The summed E-state index contributed by atoms with van der Waals surface area (Å²) < 4.78 is 1.93. The van der Waals surface area contributed by atoms with Gasteiger partial charge in [0, 0.05) is 12.7 Å². The lowest BCUT2D eigenvalue weighted by molar-refractivity contribution is 0.218. The highest BCUT2D eigenvalue weighted by Gasteiger charge is 2.10. The molecule has 3 rings (SSSR count). The molecule has 0 amide bonds. The van der Waals surface area contributed by atoms with Crippen molar-refractivity contribution in [3.05, 3.63) is 35.2 Å². The Bertz CT molecular complexity index is 699. The molecule has 0 bridgehead atoms. The van der Waals surface area contributed by atoms with E-state index in [1.165, 1.54) is 32.4 Å². The summed E-state index contributed by atoms with van der Waals surface area (Å²) in [6.07, 6.45) is 7.67. The zero-order valence-corrected chi connectivity index (χ0v) is 13.6. The van der Waals surface area contributed by atoms with Gasteiger partial charge in [-0.25, -0.2) is 4.98 Å². The molecule has 1 N–H and O–H groups in total. The lowest BCUT2D eigenvalue weighted by Crippen LogP contribution is -2.32. The average molecular weight is 331 g/mol. The summed E-state index contributed by atoms with van der Waals surface area (Å²) in [4.78, 5) is 6.65. The number of hydrogen-bond donors (Lipinski definition) is 1. The Hall–Kier alpha value is -2.10. The van der Waals surface area contributed by atoms with Crippen molar-refractivity contribution in [2.45, 2.75) is 25.8 Å². The molecule has 2 aromatic heterocycles. The van der Waals surface area contributed by atoms with Crippen molar-refractivity contribution in [1.82, 2.24) is 19.7 Å². The van der Waals surface area contributed by atoms with Crippen LogP contribution in [-0.4, -0.2) is 39.3 Å². The molecule has 1 aliphatic rings. The van der Waals surface area contributed by atoms with Crippen LogP contribution in [0.15, 0.2) is 24.5 Å². The maximum Gasteiger partial charge on any atom is 0.161 e. The molecule has 0 aliphatic carbocycles. The van der Waals surface area contributed by atoms with Crippen molar-refractivity contribution in [2.75, 3.05) is 25.0 Å². The van der Waals surface area contributed by atoms with Crippen molar-refractivity contribution in [1.29, 1.82) is 5.26 Å². The standard InChI is InChI=1S/C16H19ClN6/c17-14-4-5-16(21-15(14)10-18)20-13-11-19-23(12-13)9-8-22-6-2-1-3-7-22/h4-5,11-12H,1-3,6-9H2,(H,20,21). The monoisotopic (exact) mass is 330 g/mol. The smallest absolute Gasteiger partial charge is 0.161 e. The van der Waals surface area contributed by atoms with E-state index in [4.69, 9.17) is 16.9 Å². The van der Waals surface area contributed by atoms with Gasteiger partial charge in [0.05, 0.1) is 23.5 Å². The predicted molar refractivity (Wildman–Crippen MR) is 89.8 cm³/mol. The Morgan fingerprint density at radius 1 is 1.22 bits per heavy atom. The van der Waals surface area contributed by atoms with Gasteiger partial charge in [-0.2, -0.15) is 10.4 Å². The quantitative estimate of drug-likeness (QED) is 0.912. The number of likely N-dealkylation sites (tertiary alicyclic amines) is 1. The fourth-order valence-corrected chi connectivity index (χ4v) is 2.86. The van der Waals surface area contributed by atoms with E-state index in [1.54, 1.807) is 18.3 Å². The number of anilines is 2. The molecule has 1 fully saturated rings. The summed E-state index contributed by atoms with van der Waals surface area (Å²) in [6.45, 7) is 4.29. The van der Waals surface area contributed by atoms with Crippen molar-refractivity contribution in [3.8, 4) is 6.07 Å². The lowest BCUT2D eigenvalue weighted by atomic mass is 10.1. The van der Waals surface area contributed by atoms with Gasteiger partial charge in [-0.3, -0.25) is 4.68 Å². The van der Waals surface area contributed by atoms with Crippen LogP contribution in [0.3, 0.4) is 0 Å². The van der Waals surface area contributed by atoms with E-state index in [-0.39, 0.29) is 5.69 Å². The van der Waals surface area contributed by atoms with Crippen LogP contribution in [0.25, 0.3) is 0 Å². The minimum absolute atomic E-state index is 0.217. The van der Waals surface area contributed by atoms with Crippen molar-refractivity contribution in [2.24, 2.45) is 0 Å². The molecule has 7 heteroatoms. The number of pyridine rings is 1. The molecule has 0 atom stereocenters. The van der Waals surface area contributed by atoms with Crippen LogP contribution < -0.4 is 5.32 Å². The third kappa shape index (κ3) is 4.21. The molecule has 0 spiro atoms. The first kappa shape index (κ1) is 15.8. The van der Waals surface area contributed by atoms with Gasteiger partial charge in [-0.05, 0) is 38.1 Å². The minimum atomic E-state index is 0.217. The summed E-state index contributed by atoms with van der Waals surface area (Å²) in [7, 11) is 0. The minimum Gasteiger partial charge on any atom is -0.338 e. The number of nitrogens with one attached hydrogen (secondary N) is 1. The van der Waals surface area contributed by atoms with E-state index in [2.05, 4.69) is 20.3 Å². The third-order valence-electron chi connectivity index (χ3n) is 3.95. The molecule has 1 aliphatic heterocycles. The normalized spacial score (nSPS) is 15.3. The van der Waals surface area contributed by atoms with E-state index < -0.39 is 0 Å². The first-order valence-electron chi connectivity index (χ1n) is 7.83. The lowest BCUT2D eigenvalue weighted by Gasteiger charge is -2.26. The zero-order chi connectivity index (χ0) is 16.1. The molecular weight excluding hydrogens is 312 g/mol. The number of hydrogen-bond acceptors (Lipinski definition) is 5. The molecule has 0 aromatic carbocycles. The number of rotatable bonds is 5. The fourth-order valence-electron chi connectivity index (χ4n) is 2.72. The van der Waals surface area contributed by atoms with E-state index >= 15 is 0 Å². The first-order chi connectivity index (χ1) is 11.2. The fraction of sp³-hybridized carbons (Fsp3) is 0.438. The van der Waals surface area contributed by atoms with Crippen LogP contribution in [0, 0.1) is 11.3 Å². The van der Waals surface area contributed by atoms with Gasteiger partial charge in [0.15, 0.2) is 5.69 Å². The van der Waals surface area contributed by atoms with E-state index in [9.17, 15) is 0 Å². The topological polar surface area (TPSA) is 69.8 Å². The van der Waals surface area contributed by atoms with E-state index in [0.717, 1.165) is 18.8 Å². The van der Waals surface area contributed by atoms with Crippen molar-refractivity contribution in [3.63, 3.8) is 0 Å². The summed E-state index contributed by atoms with van der Waals surface area (Å²) >= 11 is 5.88. The summed E-state index contributed by atoms with van der Waals surface area (Å²) in [5, 5.41) is 16.8. The molecule has 0 unspecified atom stereocenters. The van der Waals surface area contributed by atoms with Crippen molar-refractivity contribution >= 4 is 23.1 Å². The van der Waals surface area contributed by atoms with Gasteiger partial charge in [0.1, 0.15) is 11.9 Å². The van der Waals surface area contributed by atoms with E-state index in [0.29, 0.717) is 10.8 Å². The first-order valence-corrected chi connectivity index (χ1v) is 8.21. The van der Waals surface area contributed by atoms with Crippen LogP contribution in [-0.2, 0) is 6.54 Å².